The minimum absolute atomic E-state index is 0.405. The number of rotatable bonds is 3. The van der Waals surface area contributed by atoms with Crippen molar-refractivity contribution >= 4 is 27.6 Å². The number of anilines is 1. The van der Waals surface area contributed by atoms with Gasteiger partial charge in [0.25, 0.3) is 0 Å². The van der Waals surface area contributed by atoms with Gasteiger partial charge in [-0.05, 0) is 46.3 Å². The van der Waals surface area contributed by atoms with Crippen molar-refractivity contribution in [3.05, 3.63) is 52.8 Å². The number of hydrogen-bond acceptors (Lipinski definition) is 4. The molecule has 0 saturated heterocycles. The van der Waals surface area contributed by atoms with E-state index in [1.165, 1.54) is 0 Å². The van der Waals surface area contributed by atoms with Gasteiger partial charge >= 0.3 is 5.97 Å². The smallest absolute Gasteiger partial charge is 0.343 e. The molecule has 0 N–H and O–H groups in total. The van der Waals surface area contributed by atoms with Gasteiger partial charge in [-0.2, -0.15) is 0 Å². The Morgan fingerprint density at radius 3 is 2.74 bits per heavy atom. The van der Waals surface area contributed by atoms with Crippen LogP contribution in [0.1, 0.15) is 10.4 Å². The maximum Gasteiger partial charge on any atom is 0.343 e. The fraction of sp³-hybridized carbons (Fsp3) is 0.143. The number of carbonyl (C=O) groups excluding carboxylic acids is 1. The van der Waals surface area contributed by atoms with E-state index in [0.717, 1.165) is 5.69 Å². The van der Waals surface area contributed by atoms with Crippen molar-refractivity contribution in [2.24, 2.45) is 0 Å². The average molecular weight is 321 g/mol. The maximum atomic E-state index is 12.1. The van der Waals surface area contributed by atoms with Crippen molar-refractivity contribution < 1.29 is 9.53 Å². The summed E-state index contributed by atoms with van der Waals surface area (Å²) in [7, 11) is 3.84. The topological polar surface area (TPSA) is 42.4 Å². The lowest BCUT2D eigenvalue weighted by Gasteiger charge is -2.13. The summed E-state index contributed by atoms with van der Waals surface area (Å²) in [5.41, 5.74) is 1.45. The number of esters is 1. The summed E-state index contributed by atoms with van der Waals surface area (Å²) in [5, 5.41) is 0. The number of hydrogen-bond donors (Lipinski definition) is 0. The monoisotopic (exact) mass is 320 g/mol. The predicted octanol–water partition coefficient (Wildman–Crippen LogP) is 3.13. The zero-order valence-electron chi connectivity index (χ0n) is 10.6. The van der Waals surface area contributed by atoms with Crippen molar-refractivity contribution in [2.45, 2.75) is 0 Å². The van der Waals surface area contributed by atoms with Crippen molar-refractivity contribution in [1.29, 1.82) is 0 Å². The van der Waals surface area contributed by atoms with Crippen LogP contribution in [0.2, 0.25) is 0 Å². The zero-order valence-corrected chi connectivity index (χ0v) is 12.2. The van der Waals surface area contributed by atoms with Crippen LogP contribution in [0.5, 0.6) is 5.75 Å². The molecule has 1 heterocycles. The van der Waals surface area contributed by atoms with Crippen LogP contribution in [0.4, 0.5) is 5.69 Å². The highest BCUT2D eigenvalue weighted by Gasteiger charge is 2.11. The van der Waals surface area contributed by atoms with E-state index in [0.29, 0.717) is 15.9 Å². The summed E-state index contributed by atoms with van der Waals surface area (Å²) in [6.45, 7) is 0. The Labute approximate surface area is 120 Å². The lowest BCUT2D eigenvalue weighted by Crippen LogP contribution is -2.12. The highest BCUT2D eigenvalue weighted by molar-refractivity contribution is 9.10. The lowest BCUT2D eigenvalue weighted by atomic mass is 10.2. The molecule has 2 rings (SSSR count). The average Bonchev–Trinajstić information content (AvgIpc) is 2.41. The molecule has 4 nitrogen and oxygen atoms in total. The second kappa shape index (κ2) is 5.84. The van der Waals surface area contributed by atoms with Crippen LogP contribution in [-0.2, 0) is 0 Å². The first-order valence-electron chi connectivity index (χ1n) is 5.68. The fourth-order valence-corrected chi connectivity index (χ4v) is 1.85. The van der Waals surface area contributed by atoms with Gasteiger partial charge in [-0.25, -0.2) is 9.78 Å². The second-order valence-electron chi connectivity index (χ2n) is 4.13. The van der Waals surface area contributed by atoms with Gasteiger partial charge in [0.1, 0.15) is 4.60 Å². The Hall–Kier alpha value is -1.88. The molecule has 0 fully saturated rings. The summed E-state index contributed by atoms with van der Waals surface area (Å²) in [6.07, 6.45) is 1.62. The molecule has 0 aliphatic heterocycles. The molecule has 98 valence electrons. The first kappa shape index (κ1) is 13.5. The van der Waals surface area contributed by atoms with Gasteiger partial charge in [-0.1, -0.05) is 6.07 Å². The van der Waals surface area contributed by atoms with Crippen LogP contribution in [0.15, 0.2) is 47.2 Å². The fourth-order valence-electron chi connectivity index (χ4n) is 1.52. The Kier molecular flexibility index (Phi) is 4.16. The quantitative estimate of drug-likeness (QED) is 0.643. The Morgan fingerprint density at radius 2 is 2.05 bits per heavy atom. The molecule has 0 spiro atoms. The number of halogens is 1. The predicted molar refractivity (Wildman–Crippen MR) is 77.7 cm³/mol. The van der Waals surface area contributed by atoms with Gasteiger partial charge in [-0.15, -0.1) is 0 Å². The largest absolute Gasteiger partial charge is 0.420 e. The highest BCUT2D eigenvalue weighted by atomic mass is 79.9. The van der Waals surface area contributed by atoms with Gasteiger partial charge in [-0.3, -0.25) is 0 Å². The van der Waals surface area contributed by atoms with Crippen molar-refractivity contribution in [2.75, 3.05) is 19.0 Å². The Balaban J connectivity index is 2.21. The normalized spacial score (nSPS) is 10.1. The SMILES string of the molecule is CN(C)c1cccc(C(=O)Oc2cccnc2Br)c1. The Morgan fingerprint density at radius 1 is 1.26 bits per heavy atom. The van der Waals surface area contributed by atoms with Gasteiger partial charge < -0.3 is 9.64 Å². The van der Waals surface area contributed by atoms with Gasteiger partial charge in [0.15, 0.2) is 5.75 Å². The first-order valence-corrected chi connectivity index (χ1v) is 6.47. The first-order chi connectivity index (χ1) is 9.08. The molecule has 0 atom stereocenters. The van der Waals surface area contributed by atoms with Crippen LogP contribution in [0.25, 0.3) is 0 Å². The third-order valence-electron chi connectivity index (χ3n) is 2.53. The van der Waals surface area contributed by atoms with E-state index in [1.807, 2.05) is 31.1 Å². The molecule has 0 aliphatic carbocycles. The number of benzene rings is 1. The molecule has 0 saturated carbocycles. The molecule has 2 aromatic rings. The molecule has 0 radical (unpaired) electrons. The summed E-state index contributed by atoms with van der Waals surface area (Å²) < 4.78 is 5.81. The zero-order chi connectivity index (χ0) is 13.8. The van der Waals surface area contributed by atoms with Crippen molar-refractivity contribution in [3.63, 3.8) is 0 Å². The molecule has 1 aromatic carbocycles. The third-order valence-corrected chi connectivity index (χ3v) is 3.12. The molecule has 0 amide bonds. The van der Waals surface area contributed by atoms with E-state index in [9.17, 15) is 4.79 Å². The highest BCUT2D eigenvalue weighted by Crippen LogP contribution is 2.23. The number of pyridine rings is 1. The molecule has 19 heavy (non-hydrogen) atoms. The number of ether oxygens (including phenoxy) is 1. The number of nitrogens with zero attached hydrogens (tertiary/aromatic N) is 2. The van der Waals surface area contributed by atoms with E-state index in [4.69, 9.17) is 4.74 Å². The molecular formula is C14H13BrN2O2. The van der Waals surface area contributed by atoms with Gasteiger partial charge in [0.05, 0.1) is 5.56 Å². The molecule has 0 unspecified atom stereocenters. The van der Waals surface area contributed by atoms with Crippen molar-refractivity contribution in [3.8, 4) is 5.75 Å². The van der Waals surface area contributed by atoms with Crippen LogP contribution >= 0.6 is 15.9 Å². The summed E-state index contributed by atoms with van der Waals surface area (Å²) in [6, 6.07) is 10.7. The standard InChI is InChI=1S/C14H13BrN2O2/c1-17(2)11-6-3-5-10(9-11)14(18)19-12-7-4-8-16-13(12)15/h3-9H,1-2H3. The van der Waals surface area contributed by atoms with Crippen LogP contribution in [0.3, 0.4) is 0 Å². The Bertz CT molecular complexity index is 600. The van der Waals surface area contributed by atoms with E-state index >= 15 is 0 Å². The van der Waals surface area contributed by atoms with Crippen LogP contribution in [0, 0.1) is 0 Å². The molecule has 1 aromatic heterocycles. The van der Waals surface area contributed by atoms with Gasteiger partial charge in [0, 0.05) is 26.0 Å². The van der Waals surface area contributed by atoms with E-state index in [1.54, 1.807) is 30.5 Å². The maximum absolute atomic E-state index is 12.1. The number of aromatic nitrogens is 1. The van der Waals surface area contributed by atoms with Crippen molar-refractivity contribution in [1.82, 2.24) is 4.98 Å². The molecule has 0 aliphatic rings. The molecule has 5 heteroatoms. The second-order valence-corrected chi connectivity index (χ2v) is 4.88. The number of carbonyl (C=O) groups is 1. The van der Waals surface area contributed by atoms with Gasteiger partial charge in [0.2, 0.25) is 0 Å². The van der Waals surface area contributed by atoms with Crippen LogP contribution < -0.4 is 9.64 Å². The molecular weight excluding hydrogens is 308 g/mol. The lowest BCUT2D eigenvalue weighted by molar-refractivity contribution is 0.0733. The summed E-state index contributed by atoms with van der Waals surface area (Å²) in [4.78, 5) is 18.0. The van der Waals surface area contributed by atoms with E-state index in [-0.39, 0.29) is 0 Å². The van der Waals surface area contributed by atoms with E-state index in [2.05, 4.69) is 20.9 Å². The van der Waals surface area contributed by atoms with E-state index < -0.39 is 5.97 Å². The third kappa shape index (κ3) is 3.32. The minimum atomic E-state index is -0.405. The minimum Gasteiger partial charge on any atom is -0.420 e. The summed E-state index contributed by atoms with van der Waals surface area (Å²) in [5.74, 6) is 0.000145. The van der Waals surface area contributed by atoms with Crippen LogP contribution in [-0.4, -0.2) is 25.0 Å². The molecule has 0 bridgehead atoms. The summed E-state index contributed by atoms with van der Waals surface area (Å²) >= 11 is 3.24.